The molecule has 1 unspecified atom stereocenters. The van der Waals surface area contributed by atoms with Crippen LogP contribution in [0.15, 0.2) is 75.0 Å². The summed E-state index contributed by atoms with van der Waals surface area (Å²) in [7, 11) is -5.14. The van der Waals surface area contributed by atoms with E-state index in [1.54, 1.807) is 0 Å². The third-order valence-electron chi connectivity index (χ3n) is 4.38. The molecule has 1 aliphatic heterocycles. The van der Waals surface area contributed by atoms with E-state index in [1.165, 1.54) is 0 Å². The normalized spacial score (nSPS) is 19.0. The molecule has 3 rings (SSSR count). The summed E-state index contributed by atoms with van der Waals surface area (Å²) in [5.74, 6) is 0.501. The quantitative estimate of drug-likeness (QED) is 0.594. The van der Waals surface area contributed by atoms with Crippen LogP contribution in [0, 0.1) is 6.92 Å². The molecule has 0 saturated heterocycles. The Morgan fingerprint density at radius 2 is 1.76 bits per heavy atom. The summed E-state index contributed by atoms with van der Waals surface area (Å²) in [6.07, 6.45) is -0.766. The van der Waals surface area contributed by atoms with E-state index in [4.69, 9.17) is 4.28 Å². The molecule has 2 aromatic rings. The van der Waals surface area contributed by atoms with Gasteiger partial charge in [0.1, 0.15) is 0 Å². The van der Waals surface area contributed by atoms with Crippen LogP contribution in [0.2, 0.25) is 0 Å². The maximum absolute atomic E-state index is 12.6. The van der Waals surface area contributed by atoms with Crippen molar-refractivity contribution in [2.24, 2.45) is 4.53 Å². The highest BCUT2D eigenvalue weighted by Gasteiger charge is 2.31. The van der Waals surface area contributed by atoms with Crippen molar-refractivity contribution in [2.45, 2.75) is 24.9 Å². The highest BCUT2D eigenvalue weighted by atomic mass is 32.2. The van der Waals surface area contributed by atoms with Gasteiger partial charge in [0.25, 0.3) is 0 Å². The summed E-state index contributed by atoms with van der Waals surface area (Å²) in [5, 5.41) is 0. The molecule has 0 spiro atoms. The standard InChI is InChI=1S/C20H18F3NO3S2/c1-14-6-3-4-7-18(14)15(2)19-8-5-13-28(19)24-27-29(25,26)17-11-9-16(10-12-17)20(21,22)23/h3-12H,13H2,1-2H3/b19-15+. The Morgan fingerprint density at radius 3 is 2.38 bits per heavy atom. The van der Waals surface area contributed by atoms with E-state index < -0.39 is 32.5 Å². The number of nitrogens with zero attached hydrogens (tertiary/aromatic N) is 1. The van der Waals surface area contributed by atoms with Crippen molar-refractivity contribution in [3.05, 3.63) is 82.3 Å². The van der Waals surface area contributed by atoms with Gasteiger partial charge in [0, 0.05) is 10.7 Å². The van der Waals surface area contributed by atoms with E-state index in [-0.39, 0.29) is 4.90 Å². The largest absolute Gasteiger partial charge is 0.416 e. The molecule has 29 heavy (non-hydrogen) atoms. The average Bonchev–Trinajstić information content (AvgIpc) is 3.14. The smallest absolute Gasteiger partial charge is 0.192 e. The van der Waals surface area contributed by atoms with Crippen molar-refractivity contribution in [3.63, 3.8) is 0 Å². The summed E-state index contributed by atoms with van der Waals surface area (Å²) in [6.45, 7) is 3.92. The second-order valence-corrected chi connectivity index (χ2v) is 9.54. The van der Waals surface area contributed by atoms with Gasteiger partial charge in [-0.15, -0.1) is 4.28 Å². The zero-order chi connectivity index (χ0) is 21.2. The monoisotopic (exact) mass is 441 g/mol. The van der Waals surface area contributed by atoms with Crippen molar-refractivity contribution < 1.29 is 25.9 Å². The molecule has 0 aromatic heterocycles. The first-order valence-corrected chi connectivity index (χ1v) is 11.3. The molecule has 9 heteroatoms. The van der Waals surface area contributed by atoms with Crippen molar-refractivity contribution in [3.8, 4) is 0 Å². The summed E-state index contributed by atoms with van der Waals surface area (Å²) in [6, 6.07) is 10.9. The lowest BCUT2D eigenvalue weighted by atomic mass is 10.0. The molecular weight excluding hydrogens is 423 g/mol. The molecule has 0 aliphatic carbocycles. The lowest BCUT2D eigenvalue weighted by Gasteiger charge is -2.11. The molecule has 4 nitrogen and oxygen atoms in total. The minimum atomic E-state index is -4.54. The zero-order valence-electron chi connectivity index (χ0n) is 15.6. The predicted molar refractivity (Wildman–Crippen MR) is 107 cm³/mol. The molecular formula is C20H18F3NO3S2. The van der Waals surface area contributed by atoms with Gasteiger partial charge in [0.2, 0.25) is 0 Å². The van der Waals surface area contributed by atoms with Crippen LogP contribution in [0.25, 0.3) is 5.57 Å². The first-order chi connectivity index (χ1) is 13.6. The van der Waals surface area contributed by atoms with Gasteiger partial charge in [0.15, 0.2) is 0 Å². The minimum Gasteiger partial charge on any atom is -0.192 e. The topological polar surface area (TPSA) is 55.7 Å². The van der Waals surface area contributed by atoms with Crippen LogP contribution in [0.5, 0.6) is 0 Å². The molecule has 0 amide bonds. The maximum Gasteiger partial charge on any atom is 0.416 e. The molecule has 0 bridgehead atoms. The van der Waals surface area contributed by atoms with E-state index in [1.807, 2.05) is 50.3 Å². The molecule has 0 N–H and O–H groups in total. The van der Waals surface area contributed by atoms with E-state index >= 15 is 0 Å². The summed E-state index contributed by atoms with van der Waals surface area (Å²) < 4.78 is 71.3. The zero-order valence-corrected chi connectivity index (χ0v) is 17.2. The van der Waals surface area contributed by atoms with Gasteiger partial charge in [-0.3, -0.25) is 0 Å². The van der Waals surface area contributed by atoms with Gasteiger partial charge in [0.05, 0.1) is 10.5 Å². The highest BCUT2D eigenvalue weighted by Crippen LogP contribution is 2.31. The Balaban J connectivity index is 1.87. The molecule has 1 atom stereocenters. The highest BCUT2D eigenvalue weighted by molar-refractivity contribution is 7.92. The van der Waals surface area contributed by atoms with Crippen LogP contribution in [0.1, 0.15) is 23.6 Å². The number of halogens is 3. The first-order valence-electron chi connectivity index (χ1n) is 8.56. The molecule has 0 radical (unpaired) electrons. The number of rotatable bonds is 4. The fourth-order valence-corrected chi connectivity index (χ4v) is 5.33. The number of hydrogen-bond donors (Lipinski definition) is 0. The van der Waals surface area contributed by atoms with Crippen molar-refractivity contribution in [1.29, 1.82) is 0 Å². The molecule has 0 saturated carbocycles. The van der Waals surface area contributed by atoms with Gasteiger partial charge >= 0.3 is 16.3 Å². The Hall–Kier alpha value is -2.23. The van der Waals surface area contributed by atoms with Gasteiger partial charge in [-0.2, -0.15) is 21.6 Å². The van der Waals surface area contributed by atoms with Crippen LogP contribution in [-0.2, 0) is 31.3 Å². The van der Waals surface area contributed by atoms with Gasteiger partial charge in [-0.05, 0) is 65.5 Å². The molecule has 2 aromatic carbocycles. The number of alkyl halides is 3. The van der Waals surface area contributed by atoms with E-state index in [9.17, 15) is 21.6 Å². The summed E-state index contributed by atoms with van der Waals surface area (Å²) >= 11 is 0. The van der Waals surface area contributed by atoms with Crippen molar-refractivity contribution in [1.82, 2.24) is 0 Å². The SMILES string of the molecule is C/C(=C1/C=CC/S1=N\OS(=O)(=O)c1ccc(C(F)(F)F)cc1)c1ccccc1C. The van der Waals surface area contributed by atoms with Crippen LogP contribution in [0.3, 0.4) is 0 Å². The lowest BCUT2D eigenvalue weighted by molar-refractivity contribution is -0.137. The van der Waals surface area contributed by atoms with Crippen LogP contribution >= 0.6 is 0 Å². The summed E-state index contributed by atoms with van der Waals surface area (Å²) in [5.41, 5.74) is 2.15. The van der Waals surface area contributed by atoms with E-state index in [0.717, 1.165) is 33.7 Å². The van der Waals surface area contributed by atoms with Gasteiger partial charge < -0.3 is 0 Å². The summed E-state index contributed by atoms with van der Waals surface area (Å²) in [4.78, 5) is 0.480. The van der Waals surface area contributed by atoms with E-state index in [2.05, 4.69) is 4.53 Å². The fourth-order valence-electron chi connectivity index (χ4n) is 2.84. The Bertz CT molecular complexity index is 1120. The third-order valence-corrected chi connectivity index (χ3v) is 7.31. The fraction of sp³-hybridized carbons (Fsp3) is 0.200. The number of hydrogen-bond acceptors (Lipinski definition) is 4. The molecule has 1 heterocycles. The Labute approximate surface area is 169 Å². The van der Waals surface area contributed by atoms with Crippen molar-refractivity contribution >= 4 is 26.4 Å². The van der Waals surface area contributed by atoms with Crippen molar-refractivity contribution in [2.75, 3.05) is 5.75 Å². The third kappa shape index (κ3) is 4.85. The molecule has 1 aliphatic rings. The lowest BCUT2D eigenvalue weighted by Crippen LogP contribution is -2.07. The molecule has 0 fully saturated rings. The predicted octanol–water partition coefficient (Wildman–Crippen LogP) is 5.44. The van der Waals surface area contributed by atoms with Crippen LogP contribution < -0.4 is 0 Å². The second kappa shape index (κ2) is 8.25. The van der Waals surface area contributed by atoms with Crippen LogP contribution in [-0.4, -0.2) is 14.2 Å². The number of allylic oxidation sites excluding steroid dienone is 2. The first kappa shape index (κ1) is 21.5. The Kier molecular flexibility index (Phi) is 6.11. The maximum atomic E-state index is 12.6. The average molecular weight is 441 g/mol. The number of benzene rings is 2. The van der Waals surface area contributed by atoms with Crippen LogP contribution in [0.4, 0.5) is 13.2 Å². The molecule has 154 valence electrons. The van der Waals surface area contributed by atoms with Gasteiger partial charge in [-0.25, -0.2) is 0 Å². The Morgan fingerprint density at radius 1 is 1.10 bits per heavy atom. The second-order valence-electron chi connectivity index (χ2n) is 6.36. The number of aryl methyl sites for hydroxylation is 1. The van der Waals surface area contributed by atoms with Gasteiger partial charge in [-0.1, -0.05) is 40.9 Å². The van der Waals surface area contributed by atoms with E-state index in [0.29, 0.717) is 17.9 Å². The minimum absolute atomic E-state index is 0.383.